The third-order valence-electron chi connectivity index (χ3n) is 4.41. The average Bonchev–Trinajstić information content (AvgIpc) is 2.46. The van der Waals surface area contributed by atoms with Crippen molar-refractivity contribution >= 4 is 17.5 Å². The maximum Gasteiger partial charge on any atom is 0.224 e. The Labute approximate surface area is 120 Å². The second-order valence-corrected chi connectivity index (χ2v) is 6.21. The zero-order valence-electron chi connectivity index (χ0n) is 11.4. The molecule has 2 aliphatic rings. The highest BCUT2D eigenvalue weighted by atomic mass is 35.5. The Bertz CT molecular complexity index is 441. The van der Waals surface area contributed by atoms with Gasteiger partial charge in [0.1, 0.15) is 5.15 Å². The first-order valence-electron chi connectivity index (χ1n) is 7.62. The number of rotatable bonds is 3. The molecule has 1 saturated carbocycles. The van der Waals surface area contributed by atoms with Gasteiger partial charge < -0.3 is 5.32 Å². The third-order valence-corrected chi connectivity index (χ3v) is 4.72. The molecule has 1 heterocycles. The molecule has 19 heavy (non-hydrogen) atoms. The van der Waals surface area contributed by atoms with Crippen molar-refractivity contribution in [3.05, 3.63) is 16.4 Å². The number of fused-ring (bicyclic) bond motifs is 1. The largest absolute Gasteiger partial charge is 0.354 e. The maximum atomic E-state index is 6.28. The summed E-state index contributed by atoms with van der Waals surface area (Å²) in [6, 6.07) is 0. The molecule has 1 fully saturated rings. The van der Waals surface area contributed by atoms with E-state index < -0.39 is 0 Å². The molecule has 104 valence electrons. The van der Waals surface area contributed by atoms with Gasteiger partial charge in [0.25, 0.3) is 0 Å². The van der Waals surface area contributed by atoms with Crippen molar-refractivity contribution in [2.75, 3.05) is 11.9 Å². The van der Waals surface area contributed by atoms with Crippen LogP contribution in [0.4, 0.5) is 5.95 Å². The van der Waals surface area contributed by atoms with Crippen LogP contribution in [0.1, 0.15) is 56.2 Å². The van der Waals surface area contributed by atoms with Crippen LogP contribution in [0.25, 0.3) is 0 Å². The lowest BCUT2D eigenvalue weighted by molar-refractivity contribution is 0.373. The standard InChI is InChI=1S/C15H22ClN3/c16-14-12-8-4-5-9-13(12)18-15(19-14)17-10-11-6-2-1-3-7-11/h11H,1-10H2,(H,17,18,19). The summed E-state index contributed by atoms with van der Waals surface area (Å²) in [4.78, 5) is 9.07. The van der Waals surface area contributed by atoms with Crippen molar-refractivity contribution in [2.24, 2.45) is 5.92 Å². The summed E-state index contributed by atoms with van der Waals surface area (Å²) in [6.45, 7) is 0.995. The van der Waals surface area contributed by atoms with Crippen molar-refractivity contribution in [3.63, 3.8) is 0 Å². The number of anilines is 1. The summed E-state index contributed by atoms with van der Waals surface area (Å²) in [6.07, 6.45) is 11.4. The topological polar surface area (TPSA) is 37.8 Å². The lowest BCUT2D eigenvalue weighted by atomic mass is 9.89. The van der Waals surface area contributed by atoms with Crippen LogP contribution in [-0.2, 0) is 12.8 Å². The molecule has 1 N–H and O–H groups in total. The van der Waals surface area contributed by atoms with Gasteiger partial charge in [0.15, 0.2) is 0 Å². The normalized spacial score (nSPS) is 20.1. The number of halogens is 1. The van der Waals surface area contributed by atoms with Gasteiger partial charge >= 0.3 is 0 Å². The fraction of sp³-hybridized carbons (Fsp3) is 0.733. The van der Waals surface area contributed by atoms with Crippen LogP contribution in [-0.4, -0.2) is 16.5 Å². The summed E-state index contributed by atoms with van der Waals surface area (Å²) < 4.78 is 0. The van der Waals surface area contributed by atoms with Gasteiger partial charge in [0.2, 0.25) is 5.95 Å². The molecule has 0 amide bonds. The number of nitrogens with zero attached hydrogens (tertiary/aromatic N) is 2. The van der Waals surface area contributed by atoms with Gasteiger partial charge in [0.05, 0.1) is 5.69 Å². The Balaban J connectivity index is 1.65. The molecule has 3 rings (SSSR count). The predicted octanol–water partition coefficient (Wildman–Crippen LogP) is 4.00. The quantitative estimate of drug-likeness (QED) is 0.850. The van der Waals surface area contributed by atoms with Gasteiger partial charge in [-0.05, 0) is 44.4 Å². The third kappa shape index (κ3) is 3.19. The van der Waals surface area contributed by atoms with Crippen molar-refractivity contribution in [2.45, 2.75) is 57.8 Å². The first kappa shape index (κ1) is 13.2. The Kier molecular flexibility index (Phi) is 4.21. The lowest BCUT2D eigenvalue weighted by Gasteiger charge is -2.22. The van der Waals surface area contributed by atoms with Gasteiger partial charge in [-0.3, -0.25) is 0 Å². The van der Waals surface area contributed by atoms with E-state index >= 15 is 0 Å². The Hall–Kier alpha value is -0.830. The minimum atomic E-state index is 0.663. The van der Waals surface area contributed by atoms with E-state index in [9.17, 15) is 0 Å². The van der Waals surface area contributed by atoms with Gasteiger partial charge in [-0.15, -0.1) is 0 Å². The highest BCUT2D eigenvalue weighted by molar-refractivity contribution is 6.30. The molecule has 0 bridgehead atoms. The van der Waals surface area contributed by atoms with Crippen LogP contribution in [0.3, 0.4) is 0 Å². The summed E-state index contributed by atoms with van der Waals surface area (Å²) in [7, 11) is 0. The molecule has 0 unspecified atom stereocenters. The van der Waals surface area contributed by atoms with Crippen molar-refractivity contribution in [3.8, 4) is 0 Å². The second-order valence-electron chi connectivity index (χ2n) is 5.86. The Morgan fingerprint density at radius 3 is 2.63 bits per heavy atom. The van der Waals surface area contributed by atoms with Gasteiger partial charge in [-0.1, -0.05) is 30.9 Å². The fourth-order valence-electron chi connectivity index (χ4n) is 3.25. The first-order valence-corrected chi connectivity index (χ1v) is 8.00. The molecule has 0 saturated heterocycles. The van der Waals surface area contributed by atoms with E-state index in [1.165, 1.54) is 50.5 Å². The van der Waals surface area contributed by atoms with E-state index in [2.05, 4.69) is 15.3 Å². The van der Waals surface area contributed by atoms with Crippen LogP contribution in [0.2, 0.25) is 5.15 Å². The molecule has 2 aliphatic carbocycles. The van der Waals surface area contributed by atoms with Crippen LogP contribution >= 0.6 is 11.6 Å². The monoisotopic (exact) mass is 279 g/mol. The van der Waals surface area contributed by atoms with Gasteiger partial charge in [0, 0.05) is 12.1 Å². The summed E-state index contributed by atoms with van der Waals surface area (Å²) >= 11 is 6.28. The molecular weight excluding hydrogens is 258 g/mol. The smallest absolute Gasteiger partial charge is 0.224 e. The molecule has 0 atom stereocenters. The highest BCUT2D eigenvalue weighted by Gasteiger charge is 2.18. The van der Waals surface area contributed by atoms with E-state index in [1.807, 2.05) is 0 Å². The van der Waals surface area contributed by atoms with E-state index in [0.29, 0.717) is 5.15 Å². The average molecular weight is 280 g/mol. The van der Waals surface area contributed by atoms with E-state index in [1.54, 1.807) is 0 Å². The second kappa shape index (κ2) is 6.08. The molecule has 0 radical (unpaired) electrons. The van der Waals surface area contributed by atoms with E-state index in [-0.39, 0.29) is 0 Å². The molecular formula is C15H22ClN3. The number of hydrogen-bond donors (Lipinski definition) is 1. The van der Waals surface area contributed by atoms with Crippen LogP contribution in [0.5, 0.6) is 0 Å². The Morgan fingerprint density at radius 2 is 1.79 bits per heavy atom. The number of nitrogens with one attached hydrogen (secondary N) is 1. The van der Waals surface area contributed by atoms with Crippen molar-refractivity contribution < 1.29 is 0 Å². The zero-order valence-corrected chi connectivity index (χ0v) is 12.2. The van der Waals surface area contributed by atoms with Crippen molar-refractivity contribution in [1.29, 1.82) is 0 Å². The first-order chi connectivity index (χ1) is 9.33. The summed E-state index contributed by atoms with van der Waals surface area (Å²) in [5.74, 6) is 1.52. The van der Waals surface area contributed by atoms with Gasteiger partial charge in [-0.2, -0.15) is 0 Å². The zero-order chi connectivity index (χ0) is 13.1. The molecule has 0 aromatic carbocycles. The van der Waals surface area contributed by atoms with E-state index in [0.717, 1.165) is 36.9 Å². The minimum Gasteiger partial charge on any atom is -0.354 e. The SMILES string of the molecule is Clc1nc(NCC2CCCCC2)nc2c1CCCC2. The van der Waals surface area contributed by atoms with Gasteiger partial charge in [-0.25, -0.2) is 9.97 Å². The van der Waals surface area contributed by atoms with E-state index in [4.69, 9.17) is 11.6 Å². The molecule has 0 spiro atoms. The molecule has 0 aliphatic heterocycles. The number of aryl methyl sites for hydroxylation is 1. The fourth-order valence-corrected chi connectivity index (χ4v) is 3.54. The number of aromatic nitrogens is 2. The number of hydrogen-bond acceptors (Lipinski definition) is 3. The predicted molar refractivity (Wildman–Crippen MR) is 78.7 cm³/mol. The molecule has 1 aromatic rings. The highest BCUT2D eigenvalue weighted by Crippen LogP contribution is 2.27. The summed E-state index contributed by atoms with van der Waals surface area (Å²) in [5.41, 5.74) is 2.34. The lowest BCUT2D eigenvalue weighted by Crippen LogP contribution is -2.19. The van der Waals surface area contributed by atoms with Crippen LogP contribution in [0, 0.1) is 5.92 Å². The molecule has 4 heteroatoms. The van der Waals surface area contributed by atoms with Crippen molar-refractivity contribution in [1.82, 2.24) is 9.97 Å². The maximum absolute atomic E-state index is 6.28. The van der Waals surface area contributed by atoms with Crippen LogP contribution < -0.4 is 5.32 Å². The molecule has 1 aromatic heterocycles. The Morgan fingerprint density at radius 1 is 1.00 bits per heavy atom. The van der Waals surface area contributed by atoms with Crippen LogP contribution in [0.15, 0.2) is 0 Å². The molecule has 3 nitrogen and oxygen atoms in total. The minimum absolute atomic E-state index is 0.663. The summed E-state index contributed by atoms with van der Waals surface area (Å²) in [5, 5.41) is 4.06.